The third kappa shape index (κ3) is 2.88. The van der Waals surface area contributed by atoms with Crippen molar-refractivity contribution >= 4 is 17.2 Å². The van der Waals surface area contributed by atoms with E-state index in [-0.39, 0.29) is 12.1 Å². The predicted molar refractivity (Wildman–Crippen MR) is 87.6 cm³/mol. The maximum Gasteiger partial charge on any atom is 0.240 e. The first kappa shape index (κ1) is 15.0. The van der Waals surface area contributed by atoms with Gasteiger partial charge in [0.1, 0.15) is 0 Å². The van der Waals surface area contributed by atoms with Crippen LogP contribution in [0.4, 0.5) is 0 Å². The summed E-state index contributed by atoms with van der Waals surface area (Å²) in [6, 6.07) is 2.55. The third-order valence-electron chi connectivity index (χ3n) is 5.15. The average Bonchev–Trinajstić information content (AvgIpc) is 3.01. The van der Waals surface area contributed by atoms with E-state index in [4.69, 9.17) is 0 Å². The molecule has 1 fully saturated rings. The van der Waals surface area contributed by atoms with Crippen LogP contribution in [0.15, 0.2) is 11.4 Å². The lowest BCUT2D eigenvalue weighted by Crippen LogP contribution is -2.52. The SMILES string of the molecule is CCC1CCNC(C(=O)N2CCc3sccc3C2CC)C1. The predicted octanol–water partition coefficient (Wildman–Crippen LogP) is 3.36. The van der Waals surface area contributed by atoms with Crippen molar-refractivity contribution in [3.8, 4) is 0 Å². The smallest absolute Gasteiger partial charge is 0.240 e. The summed E-state index contributed by atoms with van der Waals surface area (Å²) in [6.45, 7) is 6.31. The van der Waals surface area contributed by atoms with E-state index >= 15 is 0 Å². The van der Waals surface area contributed by atoms with Crippen molar-refractivity contribution in [1.29, 1.82) is 0 Å². The molecule has 1 N–H and O–H groups in total. The number of carbonyl (C=O) groups is 1. The third-order valence-corrected chi connectivity index (χ3v) is 6.15. The Bertz CT molecular complexity index is 499. The lowest BCUT2D eigenvalue weighted by Gasteiger charge is -2.39. The molecule has 1 aromatic heterocycles. The maximum absolute atomic E-state index is 13.0. The van der Waals surface area contributed by atoms with Gasteiger partial charge in [0.15, 0.2) is 0 Å². The van der Waals surface area contributed by atoms with Gasteiger partial charge in [-0.25, -0.2) is 0 Å². The molecule has 1 aromatic rings. The van der Waals surface area contributed by atoms with Gasteiger partial charge >= 0.3 is 0 Å². The van der Waals surface area contributed by atoms with Gasteiger partial charge in [0.25, 0.3) is 0 Å². The molecule has 2 aliphatic heterocycles. The second-order valence-electron chi connectivity index (χ2n) is 6.31. The lowest BCUT2D eigenvalue weighted by atomic mass is 9.88. The summed E-state index contributed by atoms with van der Waals surface area (Å²) >= 11 is 1.84. The Kier molecular flexibility index (Phi) is 4.65. The highest BCUT2D eigenvalue weighted by Crippen LogP contribution is 2.36. The second-order valence-corrected chi connectivity index (χ2v) is 7.31. The molecule has 0 bridgehead atoms. The van der Waals surface area contributed by atoms with Crippen LogP contribution in [0.3, 0.4) is 0 Å². The molecule has 1 amide bonds. The molecule has 0 spiro atoms. The number of hydrogen-bond acceptors (Lipinski definition) is 3. The summed E-state index contributed by atoms with van der Waals surface area (Å²) in [6.07, 6.45) is 5.46. The number of amides is 1. The molecule has 4 heteroatoms. The van der Waals surface area contributed by atoms with Crippen molar-refractivity contribution in [3.05, 3.63) is 21.9 Å². The van der Waals surface area contributed by atoms with E-state index in [2.05, 4.69) is 35.5 Å². The van der Waals surface area contributed by atoms with Gasteiger partial charge in [0, 0.05) is 11.4 Å². The largest absolute Gasteiger partial charge is 0.334 e. The van der Waals surface area contributed by atoms with E-state index in [0.29, 0.717) is 11.8 Å². The number of nitrogens with one attached hydrogen (secondary N) is 1. The topological polar surface area (TPSA) is 32.3 Å². The first-order valence-electron chi connectivity index (χ1n) is 8.34. The van der Waals surface area contributed by atoms with Crippen LogP contribution in [0.25, 0.3) is 0 Å². The molecule has 1 saturated heterocycles. The van der Waals surface area contributed by atoms with Crippen LogP contribution in [0.1, 0.15) is 56.0 Å². The number of hydrogen-bond donors (Lipinski definition) is 1. The van der Waals surface area contributed by atoms with Crippen molar-refractivity contribution in [2.75, 3.05) is 13.1 Å². The minimum Gasteiger partial charge on any atom is -0.334 e. The van der Waals surface area contributed by atoms with Crippen LogP contribution < -0.4 is 5.32 Å². The maximum atomic E-state index is 13.0. The molecule has 2 aliphatic rings. The molecule has 3 unspecified atom stereocenters. The molecule has 3 atom stereocenters. The number of fused-ring (bicyclic) bond motifs is 1. The molecule has 0 radical (unpaired) electrons. The van der Waals surface area contributed by atoms with Gasteiger partial charge in [0.05, 0.1) is 12.1 Å². The number of thiophene rings is 1. The van der Waals surface area contributed by atoms with Gasteiger partial charge in [-0.3, -0.25) is 4.79 Å². The Morgan fingerprint density at radius 2 is 2.29 bits per heavy atom. The highest BCUT2D eigenvalue weighted by atomic mass is 32.1. The Labute approximate surface area is 131 Å². The van der Waals surface area contributed by atoms with Crippen LogP contribution in [0, 0.1) is 5.92 Å². The van der Waals surface area contributed by atoms with Gasteiger partial charge in [-0.1, -0.05) is 20.3 Å². The fourth-order valence-corrected chi connectivity index (χ4v) is 4.78. The van der Waals surface area contributed by atoms with Gasteiger partial charge in [-0.15, -0.1) is 11.3 Å². The summed E-state index contributed by atoms with van der Waals surface area (Å²) in [4.78, 5) is 16.6. The summed E-state index contributed by atoms with van der Waals surface area (Å²) in [5.41, 5.74) is 1.39. The molecular weight excluding hydrogens is 280 g/mol. The van der Waals surface area contributed by atoms with Crippen molar-refractivity contribution in [3.63, 3.8) is 0 Å². The summed E-state index contributed by atoms with van der Waals surface area (Å²) in [5.74, 6) is 1.04. The van der Waals surface area contributed by atoms with E-state index in [0.717, 1.165) is 32.4 Å². The van der Waals surface area contributed by atoms with Crippen LogP contribution in [-0.2, 0) is 11.2 Å². The van der Waals surface area contributed by atoms with Crippen molar-refractivity contribution in [1.82, 2.24) is 10.2 Å². The lowest BCUT2D eigenvalue weighted by molar-refractivity contribution is -0.137. The van der Waals surface area contributed by atoms with Gasteiger partial charge in [-0.2, -0.15) is 0 Å². The zero-order chi connectivity index (χ0) is 14.8. The monoisotopic (exact) mass is 306 g/mol. The molecule has 3 heterocycles. The Hall–Kier alpha value is -0.870. The number of rotatable bonds is 3. The first-order valence-corrected chi connectivity index (χ1v) is 9.22. The molecule has 3 rings (SSSR count). The molecule has 116 valence electrons. The van der Waals surface area contributed by atoms with E-state index in [1.54, 1.807) is 0 Å². The first-order chi connectivity index (χ1) is 10.2. The number of carbonyl (C=O) groups excluding carboxylic acids is 1. The Morgan fingerprint density at radius 3 is 3.05 bits per heavy atom. The van der Waals surface area contributed by atoms with Crippen LogP contribution in [-0.4, -0.2) is 29.9 Å². The van der Waals surface area contributed by atoms with Gasteiger partial charge in [0.2, 0.25) is 5.91 Å². The minimum absolute atomic E-state index is 0.0398. The Morgan fingerprint density at radius 1 is 1.43 bits per heavy atom. The minimum atomic E-state index is 0.0398. The summed E-state index contributed by atoms with van der Waals surface area (Å²) in [5, 5.41) is 5.63. The molecule has 0 aromatic carbocycles. The Balaban J connectivity index is 1.75. The average molecular weight is 306 g/mol. The fraction of sp³-hybridized carbons (Fsp3) is 0.706. The van der Waals surface area contributed by atoms with E-state index in [9.17, 15) is 4.79 Å². The van der Waals surface area contributed by atoms with Crippen molar-refractivity contribution in [2.45, 2.75) is 58.0 Å². The second kappa shape index (κ2) is 6.49. The zero-order valence-electron chi connectivity index (χ0n) is 13.1. The van der Waals surface area contributed by atoms with E-state index in [1.165, 1.54) is 23.3 Å². The van der Waals surface area contributed by atoms with Gasteiger partial charge in [-0.05, 0) is 55.2 Å². The van der Waals surface area contributed by atoms with E-state index < -0.39 is 0 Å². The van der Waals surface area contributed by atoms with E-state index in [1.807, 2.05) is 11.3 Å². The highest BCUT2D eigenvalue weighted by molar-refractivity contribution is 7.10. The normalized spacial score (nSPS) is 29.2. The molecule has 21 heavy (non-hydrogen) atoms. The standard InChI is InChI=1S/C17H26N2OS/c1-3-12-5-8-18-14(11-12)17(20)19-9-6-16-13(7-10-21-16)15(19)4-2/h7,10,12,14-15,18H,3-6,8-9,11H2,1-2H3. The quantitative estimate of drug-likeness (QED) is 0.928. The molecule has 0 aliphatic carbocycles. The van der Waals surface area contributed by atoms with Crippen LogP contribution in [0.2, 0.25) is 0 Å². The molecular formula is C17H26N2OS. The number of nitrogens with zero attached hydrogens (tertiary/aromatic N) is 1. The number of piperidine rings is 1. The molecule has 0 saturated carbocycles. The molecule has 3 nitrogen and oxygen atoms in total. The summed E-state index contributed by atoms with van der Waals surface area (Å²) in [7, 11) is 0. The zero-order valence-corrected chi connectivity index (χ0v) is 13.9. The van der Waals surface area contributed by atoms with Crippen LogP contribution in [0.5, 0.6) is 0 Å². The summed E-state index contributed by atoms with van der Waals surface area (Å²) < 4.78 is 0. The highest BCUT2D eigenvalue weighted by Gasteiger charge is 2.35. The fourth-order valence-electron chi connectivity index (χ4n) is 3.86. The van der Waals surface area contributed by atoms with Crippen molar-refractivity contribution < 1.29 is 4.79 Å². The van der Waals surface area contributed by atoms with Gasteiger partial charge < -0.3 is 10.2 Å². The van der Waals surface area contributed by atoms with Crippen molar-refractivity contribution in [2.24, 2.45) is 5.92 Å². The van der Waals surface area contributed by atoms with Crippen LogP contribution >= 0.6 is 11.3 Å².